The topological polar surface area (TPSA) is 32.3 Å². The van der Waals surface area contributed by atoms with Gasteiger partial charge in [-0.15, -0.1) is 0 Å². The number of nitrogens with zero attached hydrogens (tertiary/aromatic N) is 1. The highest BCUT2D eigenvalue weighted by Gasteiger charge is 2.39. The van der Waals surface area contributed by atoms with Crippen molar-refractivity contribution in [3.05, 3.63) is 109 Å². The molecule has 3 aromatic carbocycles. The van der Waals surface area contributed by atoms with Gasteiger partial charge in [-0.3, -0.25) is 9.69 Å². The van der Waals surface area contributed by atoms with E-state index in [-0.39, 0.29) is 17.9 Å². The summed E-state index contributed by atoms with van der Waals surface area (Å²) in [5.74, 6) is -0.274. The van der Waals surface area contributed by atoms with E-state index in [0.29, 0.717) is 6.54 Å². The van der Waals surface area contributed by atoms with Crippen molar-refractivity contribution in [1.29, 1.82) is 0 Å². The van der Waals surface area contributed by atoms with Crippen LogP contribution < -0.4 is 10.2 Å². The molecule has 134 valence electrons. The lowest BCUT2D eigenvalue weighted by atomic mass is 9.90. The van der Waals surface area contributed by atoms with E-state index in [2.05, 4.69) is 24.0 Å². The molecule has 3 aromatic rings. The van der Waals surface area contributed by atoms with Gasteiger partial charge < -0.3 is 5.32 Å². The van der Waals surface area contributed by atoms with Gasteiger partial charge in [0, 0.05) is 24.0 Å². The van der Waals surface area contributed by atoms with Crippen LogP contribution in [0.15, 0.2) is 103 Å². The first-order valence-electron chi connectivity index (χ1n) is 9.16. The standard InChI is InChI=1S/C24H22N2O/c1-18-17-25-23(19-11-5-2-6-12-19)22(18)24(27)26(20-13-7-3-8-14-20)21-15-9-4-10-16-21/h2-16,22-23,25H,1,17H2/t22-,23-/m0/s1. The second kappa shape index (κ2) is 7.60. The first-order valence-corrected chi connectivity index (χ1v) is 9.16. The second-order valence-electron chi connectivity index (χ2n) is 6.75. The van der Waals surface area contributed by atoms with Gasteiger partial charge in [-0.1, -0.05) is 73.3 Å². The smallest absolute Gasteiger partial charge is 0.240 e. The van der Waals surface area contributed by atoms with Crippen molar-refractivity contribution in [2.75, 3.05) is 11.4 Å². The van der Waals surface area contributed by atoms with Crippen LogP contribution in [0.2, 0.25) is 0 Å². The molecule has 4 rings (SSSR count). The molecule has 0 spiro atoms. The van der Waals surface area contributed by atoms with Crippen LogP contribution in [0.5, 0.6) is 0 Å². The van der Waals surface area contributed by atoms with Crippen molar-refractivity contribution in [3.8, 4) is 0 Å². The lowest BCUT2D eigenvalue weighted by Gasteiger charge is -2.29. The van der Waals surface area contributed by atoms with E-state index >= 15 is 0 Å². The third kappa shape index (κ3) is 3.42. The summed E-state index contributed by atoms with van der Waals surface area (Å²) in [4.78, 5) is 15.6. The lowest BCUT2D eigenvalue weighted by Crippen LogP contribution is -2.35. The van der Waals surface area contributed by atoms with Crippen molar-refractivity contribution < 1.29 is 4.79 Å². The molecule has 27 heavy (non-hydrogen) atoms. The van der Waals surface area contributed by atoms with Crippen molar-refractivity contribution in [3.63, 3.8) is 0 Å². The Kier molecular flexibility index (Phi) is 4.86. The van der Waals surface area contributed by atoms with E-state index in [9.17, 15) is 4.79 Å². The van der Waals surface area contributed by atoms with Crippen LogP contribution in [0.3, 0.4) is 0 Å². The molecule has 1 amide bonds. The third-order valence-corrected chi connectivity index (χ3v) is 5.00. The van der Waals surface area contributed by atoms with Crippen molar-refractivity contribution in [1.82, 2.24) is 5.32 Å². The molecule has 1 saturated heterocycles. The zero-order valence-corrected chi connectivity index (χ0v) is 15.1. The zero-order valence-electron chi connectivity index (χ0n) is 15.1. The highest BCUT2D eigenvalue weighted by Crippen LogP contribution is 2.37. The summed E-state index contributed by atoms with van der Waals surface area (Å²) in [6.45, 7) is 4.84. The van der Waals surface area contributed by atoms with E-state index in [1.807, 2.05) is 78.9 Å². The summed E-state index contributed by atoms with van der Waals surface area (Å²) in [5.41, 5.74) is 3.75. The van der Waals surface area contributed by atoms with Crippen LogP contribution in [-0.4, -0.2) is 12.5 Å². The van der Waals surface area contributed by atoms with E-state index in [1.165, 1.54) is 0 Å². The predicted molar refractivity (Wildman–Crippen MR) is 110 cm³/mol. The largest absolute Gasteiger partial charge is 0.305 e. The van der Waals surface area contributed by atoms with Gasteiger partial charge >= 0.3 is 0 Å². The highest BCUT2D eigenvalue weighted by molar-refractivity contribution is 6.03. The molecule has 0 saturated carbocycles. The van der Waals surface area contributed by atoms with Crippen LogP contribution in [0.1, 0.15) is 11.6 Å². The second-order valence-corrected chi connectivity index (χ2v) is 6.75. The van der Waals surface area contributed by atoms with Crippen LogP contribution in [-0.2, 0) is 4.79 Å². The summed E-state index contributed by atoms with van der Waals surface area (Å²) in [5, 5.41) is 3.46. The molecule has 0 radical (unpaired) electrons. The van der Waals surface area contributed by atoms with Gasteiger partial charge in [-0.2, -0.15) is 0 Å². The minimum absolute atomic E-state index is 0.0382. The van der Waals surface area contributed by atoms with Crippen molar-refractivity contribution in [2.45, 2.75) is 6.04 Å². The molecular weight excluding hydrogens is 332 g/mol. The van der Waals surface area contributed by atoms with E-state index in [1.54, 1.807) is 4.90 Å². The van der Waals surface area contributed by atoms with Gasteiger partial charge in [0.25, 0.3) is 0 Å². The van der Waals surface area contributed by atoms with Crippen molar-refractivity contribution in [2.24, 2.45) is 5.92 Å². The number of rotatable bonds is 4. The fraction of sp³-hybridized carbons (Fsp3) is 0.125. The number of anilines is 2. The van der Waals surface area contributed by atoms with Crippen molar-refractivity contribution >= 4 is 17.3 Å². The summed E-state index contributed by atoms with van der Waals surface area (Å²) in [7, 11) is 0. The normalized spacial score (nSPS) is 19.0. The van der Waals surface area contributed by atoms with Gasteiger partial charge in [0.2, 0.25) is 5.91 Å². The Bertz CT molecular complexity index is 883. The van der Waals surface area contributed by atoms with Crippen LogP contribution >= 0.6 is 0 Å². The Hall–Kier alpha value is -3.17. The number of benzene rings is 3. The Morgan fingerprint density at radius 1 is 0.815 bits per heavy atom. The van der Waals surface area contributed by atoms with Gasteiger partial charge in [0.15, 0.2) is 0 Å². The maximum atomic E-state index is 13.8. The summed E-state index contributed by atoms with van der Waals surface area (Å²) in [6, 6.07) is 29.6. The lowest BCUT2D eigenvalue weighted by molar-refractivity contribution is -0.120. The summed E-state index contributed by atoms with van der Waals surface area (Å²) >= 11 is 0. The SMILES string of the molecule is C=C1CN[C@@H](c2ccccc2)[C@H]1C(=O)N(c1ccccc1)c1ccccc1. The minimum atomic E-state index is -0.312. The number of para-hydroxylation sites is 2. The number of carbonyl (C=O) groups excluding carboxylic acids is 1. The maximum absolute atomic E-state index is 13.8. The fourth-order valence-corrected chi connectivity index (χ4v) is 3.69. The first kappa shape index (κ1) is 17.3. The predicted octanol–water partition coefficient (Wildman–Crippen LogP) is 4.87. The van der Waals surface area contributed by atoms with Crippen LogP contribution in [0, 0.1) is 5.92 Å². The summed E-state index contributed by atoms with van der Waals surface area (Å²) in [6.07, 6.45) is 0. The molecule has 3 heteroatoms. The Labute approximate surface area is 160 Å². The molecule has 3 nitrogen and oxygen atoms in total. The zero-order chi connectivity index (χ0) is 18.6. The monoisotopic (exact) mass is 354 g/mol. The summed E-state index contributed by atoms with van der Waals surface area (Å²) < 4.78 is 0. The molecule has 0 aromatic heterocycles. The first-order chi connectivity index (χ1) is 13.3. The molecule has 1 N–H and O–H groups in total. The van der Waals surface area contributed by atoms with Gasteiger partial charge in [-0.25, -0.2) is 0 Å². The quantitative estimate of drug-likeness (QED) is 0.678. The van der Waals surface area contributed by atoms with E-state index in [0.717, 1.165) is 22.5 Å². The Morgan fingerprint density at radius 3 is 1.81 bits per heavy atom. The molecule has 0 unspecified atom stereocenters. The highest BCUT2D eigenvalue weighted by atomic mass is 16.2. The van der Waals surface area contributed by atoms with Crippen LogP contribution in [0.4, 0.5) is 11.4 Å². The van der Waals surface area contributed by atoms with Gasteiger partial charge in [-0.05, 0) is 35.4 Å². The molecule has 1 fully saturated rings. The minimum Gasteiger partial charge on any atom is -0.305 e. The number of hydrogen-bond acceptors (Lipinski definition) is 2. The fourth-order valence-electron chi connectivity index (χ4n) is 3.69. The molecule has 1 aliphatic rings. The Morgan fingerprint density at radius 2 is 1.30 bits per heavy atom. The molecule has 1 heterocycles. The third-order valence-electron chi connectivity index (χ3n) is 5.00. The van der Waals surface area contributed by atoms with Gasteiger partial charge in [0.05, 0.1) is 5.92 Å². The average molecular weight is 354 g/mol. The number of nitrogens with one attached hydrogen (secondary N) is 1. The molecular formula is C24H22N2O. The van der Waals surface area contributed by atoms with E-state index < -0.39 is 0 Å². The maximum Gasteiger partial charge on any atom is 0.240 e. The molecule has 0 bridgehead atoms. The van der Waals surface area contributed by atoms with E-state index in [4.69, 9.17) is 0 Å². The Balaban J connectivity index is 1.75. The molecule has 2 atom stereocenters. The average Bonchev–Trinajstić information content (AvgIpc) is 3.12. The number of carbonyl (C=O) groups is 1. The number of hydrogen-bond donors (Lipinski definition) is 1. The van der Waals surface area contributed by atoms with Crippen LogP contribution in [0.25, 0.3) is 0 Å². The van der Waals surface area contributed by atoms with Gasteiger partial charge in [0.1, 0.15) is 0 Å². The molecule has 0 aliphatic carbocycles. The molecule has 1 aliphatic heterocycles. The number of amides is 1.